The lowest BCUT2D eigenvalue weighted by Gasteiger charge is -2.08. The highest BCUT2D eigenvalue weighted by Gasteiger charge is 2.15. The lowest BCUT2D eigenvalue weighted by atomic mass is 10.1. The van der Waals surface area contributed by atoms with Crippen molar-refractivity contribution < 1.29 is 14.3 Å². The first kappa shape index (κ1) is 13.9. The maximum atomic E-state index is 11.3. The second kappa shape index (κ2) is 7.17. The summed E-state index contributed by atoms with van der Waals surface area (Å²) in [5.74, 6) is 1.37. The molecule has 0 saturated carbocycles. The standard InChI is InChI=1S/C16H22O3/c1-2-3-4-5-6-7-13-8-9-15-16(10-13)19-12-14(17)11-18-15/h8-10H,2-7,11-12H2,1H3. The summed E-state index contributed by atoms with van der Waals surface area (Å²) in [5.41, 5.74) is 1.26. The number of carbonyl (C=O) groups excluding carboxylic acids is 1. The molecule has 0 N–H and O–H groups in total. The molecule has 0 bridgehead atoms. The first-order valence-corrected chi connectivity index (χ1v) is 7.20. The van der Waals surface area contributed by atoms with Crippen LogP contribution in [-0.2, 0) is 11.2 Å². The molecule has 0 aromatic heterocycles. The van der Waals surface area contributed by atoms with E-state index in [1.54, 1.807) is 0 Å². The van der Waals surface area contributed by atoms with Crippen molar-refractivity contribution in [2.45, 2.75) is 45.4 Å². The molecular weight excluding hydrogens is 240 g/mol. The van der Waals surface area contributed by atoms with Gasteiger partial charge in [0.1, 0.15) is 0 Å². The summed E-state index contributed by atoms with van der Waals surface area (Å²) in [6.07, 6.45) is 7.46. The average Bonchev–Trinajstić information content (AvgIpc) is 2.61. The number of aryl methyl sites for hydroxylation is 1. The second-order valence-electron chi connectivity index (χ2n) is 5.06. The van der Waals surface area contributed by atoms with Gasteiger partial charge in [-0.3, -0.25) is 4.79 Å². The summed E-state index contributed by atoms with van der Waals surface area (Å²) in [7, 11) is 0. The van der Waals surface area contributed by atoms with Gasteiger partial charge in [0.2, 0.25) is 5.78 Å². The Kier molecular flexibility index (Phi) is 5.25. The SMILES string of the molecule is CCCCCCCc1ccc2c(c1)OCC(=O)CO2. The Morgan fingerprint density at radius 3 is 2.53 bits per heavy atom. The highest BCUT2D eigenvalue weighted by molar-refractivity contribution is 5.82. The van der Waals surface area contributed by atoms with Crippen molar-refractivity contribution in [2.75, 3.05) is 13.2 Å². The molecule has 1 aromatic carbocycles. The zero-order valence-electron chi connectivity index (χ0n) is 11.6. The number of benzene rings is 1. The summed E-state index contributed by atoms with van der Waals surface area (Å²) < 4.78 is 10.9. The van der Waals surface area contributed by atoms with E-state index in [0.717, 1.165) is 6.42 Å². The highest BCUT2D eigenvalue weighted by atomic mass is 16.5. The minimum absolute atomic E-state index is 0.0164. The highest BCUT2D eigenvalue weighted by Crippen LogP contribution is 2.30. The van der Waals surface area contributed by atoms with Crippen molar-refractivity contribution in [1.29, 1.82) is 0 Å². The molecule has 3 nitrogen and oxygen atoms in total. The van der Waals surface area contributed by atoms with Gasteiger partial charge in [-0.05, 0) is 30.5 Å². The van der Waals surface area contributed by atoms with E-state index in [1.807, 2.05) is 12.1 Å². The van der Waals surface area contributed by atoms with Crippen LogP contribution in [-0.4, -0.2) is 19.0 Å². The van der Waals surface area contributed by atoms with Gasteiger partial charge in [0, 0.05) is 0 Å². The molecule has 0 atom stereocenters. The smallest absolute Gasteiger partial charge is 0.207 e. The van der Waals surface area contributed by atoms with E-state index >= 15 is 0 Å². The number of hydrogen-bond acceptors (Lipinski definition) is 3. The van der Waals surface area contributed by atoms with Crippen LogP contribution in [0.25, 0.3) is 0 Å². The summed E-state index contributed by atoms with van der Waals surface area (Å²) >= 11 is 0. The zero-order chi connectivity index (χ0) is 13.5. The predicted octanol–water partition coefficient (Wildman–Crippen LogP) is 3.54. The van der Waals surface area contributed by atoms with Gasteiger partial charge < -0.3 is 9.47 Å². The molecule has 0 amide bonds. The van der Waals surface area contributed by atoms with Gasteiger partial charge in [0.25, 0.3) is 0 Å². The Morgan fingerprint density at radius 1 is 1.00 bits per heavy atom. The molecular formula is C16H22O3. The fourth-order valence-electron chi connectivity index (χ4n) is 2.23. The lowest BCUT2D eigenvalue weighted by Crippen LogP contribution is -2.15. The van der Waals surface area contributed by atoms with Gasteiger partial charge in [-0.15, -0.1) is 0 Å². The summed E-state index contributed by atoms with van der Waals surface area (Å²) in [6.45, 7) is 2.46. The maximum Gasteiger partial charge on any atom is 0.207 e. The number of ketones is 1. The molecule has 0 unspecified atom stereocenters. The van der Waals surface area contributed by atoms with Gasteiger partial charge in [0.05, 0.1) is 0 Å². The lowest BCUT2D eigenvalue weighted by molar-refractivity contribution is -0.122. The maximum absolute atomic E-state index is 11.3. The summed E-state index contributed by atoms with van der Waals surface area (Å²) in [4.78, 5) is 11.3. The quantitative estimate of drug-likeness (QED) is 0.736. The Bertz CT molecular complexity index is 426. The molecule has 3 heteroatoms. The molecule has 0 aliphatic carbocycles. The number of rotatable bonds is 6. The number of ether oxygens (including phenoxy) is 2. The molecule has 19 heavy (non-hydrogen) atoms. The van der Waals surface area contributed by atoms with E-state index in [0.29, 0.717) is 11.5 Å². The van der Waals surface area contributed by atoms with Gasteiger partial charge in [-0.2, -0.15) is 0 Å². The number of Topliss-reactive ketones (excluding diaryl/α,β-unsaturated/α-hetero) is 1. The van der Waals surface area contributed by atoms with Gasteiger partial charge in [-0.25, -0.2) is 0 Å². The average molecular weight is 262 g/mol. The van der Waals surface area contributed by atoms with Crippen molar-refractivity contribution >= 4 is 5.78 Å². The molecule has 0 saturated heterocycles. The molecule has 2 rings (SSSR count). The summed E-state index contributed by atoms with van der Waals surface area (Å²) in [5, 5.41) is 0. The van der Waals surface area contributed by atoms with Crippen LogP contribution in [0.5, 0.6) is 11.5 Å². The number of unbranched alkanes of at least 4 members (excludes halogenated alkanes) is 4. The Labute approximate surface area is 114 Å². The van der Waals surface area contributed by atoms with E-state index in [-0.39, 0.29) is 19.0 Å². The molecule has 104 valence electrons. The van der Waals surface area contributed by atoms with E-state index < -0.39 is 0 Å². The van der Waals surface area contributed by atoms with E-state index in [9.17, 15) is 4.79 Å². The van der Waals surface area contributed by atoms with E-state index in [1.165, 1.54) is 37.7 Å². The molecule has 0 spiro atoms. The number of carbonyl (C=O) groups is 1. The largest absolute Gasteiger partial charge is 0.482 e. The normalized spacial score (nSPS) is 14.3. The van der Waals surface area contributed by atoms with Gasteiger partial charge in [0.15, 0.2) is 24.7 Å². The Balaban J connectivity index is 1.88. The van der Waals surface area contributed by atoms with Crippen LogP contribution in [0, 0.1) is 0 Å². The van der Waals surface area contributed by atoms with Crippen LogP contribution in [0.3, 0.4) is 0 Å². The summed E-state index contributed by atoms with van der Waals surface area (Å²) in [6, 6.07) is 5.99. The minimum atomic E-state index is -0.0164. The van der Waals surface area contributed by atoms with Crippen molar-refractivity contribution in [3.05, 3.63) is 23.8 Å². The van der Waals surface area contributed by atoms with Crippen LogP contribution in [0.4, 0.5) is 0 Å². The van der Waals surface area contributed by atoms with Crippen molar-refractivity contribution in [2.24, 2.45) is 0 Å². The monoisotopic (exact) mass is 262 g/mol. The van der Waals surface area contributed by atoms with E-state index in [4.69, 9.17) is 9.47 Å². The number of hydrogen-bond donors (Lipinski definition) is 0. The Hall–Kier alpha value is -1.51. The minimum Gasteiger partial charge on any atom is -0.482 e. The van der Waals surface area contributed by atoms with E-state index in [2.05, 4.69) is 13.0 Å². The van der Waals surface area contributed by atoms with Crippen LogP contribution < -0.4 is 9.47 Å². The number of fused-ring (bicyclic) bond motifs is 1. The zero-order valence-corrected chi connectivity index (χ0v) is 11.6. The molecule has 0 fully saturated rings. The molecule has 1 aliphatic rings. The van der Waals surface area contributed by atoms with Crippen molar-refractivity contribution in [3.8, 4) is 11.5 Å². The van der Waals surface area contributed by atoms with Gasteiger partial charge >= 0.3 is 0 Å². The third-order valence-corrected chi connectivity index (χ3v) is 3.35. The third-order valence-electron chi connectivity index (χ3n) is 3.35. The second-order valence-corrected chi connectivity index (χ2v) is 5.06. The van der Waals surface area contributed by atoms with Gasteiger partial charge in [-0.1, -0.05) is 38.7 Å². The molecule has 1 heterocycles. The Morgan fingerprint density at radius 2 is 1.74 bits per heavy atom. The molecule has 1 aromatic rings. The first-order chi connectivity index (χ1) is 9.29. The van der Waals surface area contributed by atoms with Crippen LogP contribution >= 0.6 is 0 Å². The molecule has 0 radical (unpaired) electrons. The fraction of sp³-hybridized carbons (Fsp3) is 0.562. The van der Waals surface area contributed by atoms with Crippen LogP contribution in [0.2, 0.25) is 0 Å². The third kappa shape index (κ3) is 4.27. The first-order valence-electron chi connectivity index (χ1n) is 7.20. The fourth-order valence-corrected chi connectivity index (χ4v) is 2.23. The van der Waals surface area contributed by atoms with Crippen LogP contribution in [0.15, 0.2) is 18.2 Å². The molecule has 1 aliphatic heterocycles. The predicted molar refractivity (Wildman–Crippen MR) is 74.9 cm³/mol. The van der Waals surface area contributed by atoms with Crippen LogP contribution in [0.1, 0.15) is 44.6 Å². The van der Waals surface area contributed by atoms with Crippen molar-refractivity contribution in [3.63, 3.8) is 0 Å². The van der Waals surface area contributed by atoms with Crippen molar-refractivity contribution in [1.82, 2.24) is 0 Å². The topological polar surface area (TPSA) is 35.5 Å².